The van der Waals surface area contributed by atoms with E-state index in [0.717, 1.165) is 82.8 Å². The summed E-state index contributed by atoms with van der Waals surface area (Å²) in [4.78, 5) is 0. The van der Waals surface area contributed by atoms with E-state index in [-0.39, 0.29) is 0 Å². The van der Waals surface area contributed by atoms with Gasteiger partial charge in [0.05, 0.1) is 61.7 Å². The molecule has 3 aromatic heterocycles. The van der Waals surface area contributed by atoms with Crippen molar-refractivity contribution in [3.8, 4) is 40.3 Å². The van der Waals surface area contributed by atoms with Crippen LogP contribution in [0.5, 0.6) is 0 Å². The Morgan fingerprint density at radius 3 is 1.51 bits per heavy atom. The molecule has 0 aliphatic carbocycles. The van der Waals surface area contributed by atoms with Crippen LogP contribution in [0.15, 0.2) is 176 Å². The lowest BCUT2D eigenvalue weighted by molar-refractivity contribution is 1.12. The molecule has 0 amide bonds. The van der Waals surface area contributed by atoms with Gasteiger partial charge in [-0.1, -0.05) is 109 Å². The van der Waals surface area contributed by atoms with E-state index < -0.39 is 0 Å². The fourth-order valence-corrected chi connectivity index (χ4v) is 8.81. The number of fused-ring (bicyclic) bond motifs is 9. The van der Waals surface area contributed by atoms with Crippen molar-refractivity contribution in [2.24, 2.45) is 0 Å². The van der Waals surface area contributed by atoms with Crippen molar-refractivity contribution in [3.63, 3.8) is 0 Å². The highest BCUT2D eigenvalue weighted by atomic mass is 15.1. The summed E-state index contributed by atoms with van der Waals surface area (Å²) in [6.45, 7) is 0. The van der Waals surface area contributed by atoms with E-state index in [0.29, 0.717) is 11.1 Å². The van der Waals surface area contributed by atoms with Crippen LogP contribution in [0.3, 0.4) is 0 Å². The van der Waals surface area contributed by atoms with Crippen LogP contribution in [-0.2, 0) is 0 Å². The summed E-state index contributed by atoms with van der Waals surface area (Å²) in [7, 11) is 0. The third-order valence-corrected chi connectivity index (χ3v) is 11.1. The standard InChI is InChI=1S/C50H29N5/c51-30-32-23-28-48-41(29-32)39-14-4-5-17-43(39)53(48)34-26-24-33(25-27-34)35-15-9-21-47(42(35)31-52)55-46-20-8-3-13-38(46)40-16-10-22-49(50(40)55)54-44-18-6-1-11-36(44)37-12-2-7-19-45(37)54/h1-29H. The van der Waals surface area contributed by atoms with Crippen molar-refractivity contribution >= 4 is 65.4 Å². The van der Waals surface area contributed by atoms with Gasteiger partial charge in [-0.2, -0.15) is 10.5 Å². The van der Waals surface area contributed by atoms with Crippen molar-refractivity contribution in [1.82, 2.24) is 13.7 Å². The van der Waals surface area contributed by atoms with Gasteiger partial charge in [0.2, 0.25) is 0 Å². The molecule has 0 fully saturated rings. The average Bonchev–Trinajstić information content (AvgIpc) is 3.89. The summed E-state index contributed by atoms with van der Waals surface area (Å²) in [5, 5.41) is 27.4. The summed E-state index contributed by atoms with van der Waals surface area (Å²) in [5.41, 5.74) is 12.4. The molecule has 11 aromatic rings. The number of nitrogens with zero attached hydrogens (tertiary/aromatic N) is 5. The second-order valence-electron chi connectivity index (χ2n) is 14.0. The highest BCUT2D eigenvalue weighted by molar-refractivity contribution is 6.15. The maximum Gasteiger partial charge on any atom is 0.102 e. The molecule has 0 atom stereocenters. The molecule has 8 aromatic carbocycles. The normalized spacial score (nSPS) is 11.6. The van der Waals surface area contributed by atoms with Gasteiger partial charge < -0.3 is 13.7 Å². The number of rotatable bonds is 4. The van der Waals surface area contributed by atoms with Crippen LogP contribution in [0.1, 0.15) is 11.1 Å². The Labute approximate surface area is 316 Å². The fraction of sp³-hybridized carbons (Fsp3) is 0. The summed E-state index contributed by atoms with van der Waals surface area (Å²) < 4.78 is 6.89. The second kappa shape index (κ2) is 11.8. The largest absolute Gasteiger partial charge is 0.309 e. The molecule has 0 aliphatic heterocycles. The van der Waals surface area contributed by atoms with Gasteiger partial charge in [0.15, 0.2) is 0 Å². The molecule has 0 unspecified atom stereocenters. The predicted octanol–water partition coefficient (Wildman–Crippen LogP) is 12.4. The first-order valence-electron chi connectivity index (χ1n) is 18.3. The van der Waals surface area contributed by atoms with Gasteiger partial charge in [-0.15, -0.1) is 0 Å². The molecule has 55 heavy (non-hydrogen) atoms. The number of para-hydroxylation sites is 5. The van der Waals surface area contributed by atoms with Crippen LogP contribution < -0.4 is 0 Å². The van der Waals surface area contributed by atoms with E-state index in [9.17, 15) is 10.5 Å². The monoisotopic (exact) mass is 699 g/mol. The number of benzene rings is 8. The van der Waals surface area contributed by atoms with Crippen molar-refractivity contribution in [3.05, 3.63) is 187 Å². The van der Waals surface area contributed by atoms with Crippen molar-refractivity contribution in [2.45, 2.75) is 0 Å². The third-order valence-electron chi connectivity index (χ3n) is 11.1. The Morgan fingerprint density at radius 2 is 0.873 bits per heavy atom. The van der Waals surface area contributed by atoms with Crippen LogP contribution in [0.2, 0.25) is 0 Å². The van der Waals surface area contributed by atoms with Gasteiger partial charge in [0.1, 0.15) is 6.07 Å². The molecule has 3 heterocycles. The fourth-order valence-electron chi connectivity index (χ4n) is 8.81. The molecular formula is C50H29N5. The second-order valence-corrected chi connectivity index (χ2v) is 14.0. The molecule has 0 saturated heterocycles. The highest BCUT2D eigenvalue weighted by Crippen LogP contribution is 2.41. The molecule has 5 heteroatoms. The number of hydrogen-bond acceptors (Lipinski definition) is 2. The number of nitriles is 2. The predicted molar refractivity (Wildman–Crippen MR) is 224 cm³/mol. The summed E-state index contributed by atoms with van der Waals surface area (Å²) in [6, 6.07) is 65.9. The lowest BCUT2D eigenvalue weighted by Gasteiger charge is -2.17. The Bertz CT molecular complexity index is 3400. The Morgan fingerprint density at radius 1 is 0.364 bits per heavy atom. The van der Waals surface area contributed by atoms with Gasteiger partial charge in [-0.25, -0.2) is 0 Å². The lowest BCUT2D eigenvalue weighted by Crippen LogP contribution is -2.03. The minimum Gasteiger partial charge on any atom is -0.309 e. The molecule has 0 N–H and O–H groups in total. The van der Waals surface area contributed by atoms with E-state index in [4.69, 9.17) is 0 Å². The number of aromatic nitrogens is 3. The molecule has 0 saturated carbocycles. The molecule has 5 nitrogen and oxygen atoms in total. The molecule has 254 valence electrons. The lowest BCUT2D eigenvalue weighted by atomic mass is 9.98. The number of hydrogen-bond donors (Lipinski definition) is 0. The molecule has 11 rings (SSSR count). The summed E-state index contributed by atoms with van der Waals surface area (Å²) in [5.74, 6) is 0. The van der Waals surface area contributed by atoms with Gasteiger partial charge in [-0.05, 0) is 72.3 Å². The maximum atomic E-state index is 11.0. The van der Waals surface area contributed by atoms with E-state index >= 15 is 0 Å². The van der Waals surface area contributed by atoms with Crippen LogP contribution in [0.4, 0.5) is 0 Å². The van der Waals surface area contributed by atoms with Crippen molar-refractivity contribution in [1.29, 1.82) is 10.5 Å². The summed E-state index contributed by atoms with van der Waals surface area (Å²) >= 11 is 0. The Balaban J connectivity index is 1.13. The van der Waals surface area contributed by atoms with Gasteiger partial charge >= 0.3 is 0 Å². The van der Waals surface area contributed by atoms with E-state index in [1.807, 2.05) is 36.4 Å². The van der Waals surface area contributed by atoms with Crippen LogP contribution in [0, 0.1) is 22.7 Å². The van der Waals surface area contributed by atoms with E-state index in [1.54, 1.807) is 0 Å². The first kappa shape index (κ1) is 30.7. The zero-order valence-corrected chi connectivity index (χ0v) is 29.5. The highest BCUT2D eigenvalue weighted by Gasteiger charge is 2.22. The topological polar surface area (TPSA) is 62.4 Å². The zero-order chi connectivity index (χ0) is 36.6. The van der Waals surface area contributed by atoms with E-state index in [1.165, 1.54) is 10.8 Å². The molecule has 0 aliphatic rings. The van der Waals surface area contributed by atoms with Gasteiger partial charge in [-0.3, -0.25) is 0 Å². The third kappa shape index (κ3) is 4.39. The quantitative estimate of drug-likeness (QED) is 0.184. The molecule has 0 bridgehead atoms. The van der Waals surface area contributed by atoms with Crippen LogP contribution in [-0.4, -0.2) is 13.7 Å². The van der Waals surface area contributed by atoms with Gasteiger partial charge in [0.25, 0.3) is 0 Å². The molecule has 0 spiro atoms. The summed E-state index contributed by atoms with van der Waals surface area (Å²) in [6.07, 6.45) is 0. The Kier molecular flexibility index (Phi) is 6.61. The maximum absolute atomic E-state index is 11.0. The van der Waals surface area contributed by atoms with Crippen LogP contribution in [0.25, 0.3) is 93.6 Å². The first-order chi connectivity index (χ1) is 27.2. The zero-order valence-electron chi connectivity index (χ0n) is 29.5. The minimum atomic E-state index is 0.607. The SMILES string of the molecule is N#Cc1ccc2c(c1)c1ccccc1n2-c1ccc(-c2cccc(-n3c4ccccc4c4cccc(-n5c6ccccc6c6ccccc65)c43)c2C#N)cc1. The molecular weight excluding hydrogens is 671 g/mol. The average molecular weight is 700 g/mol. The van der Waals surface area contributed by atoms with Crippen molar-refractivity contribution in [2.75, 3.05) is 0 Å². The van der Waals surface area contributed by atoms with Crippen molar-refractivity contribution < 1.29 is 0 Å². The van der Waals surface area contributed by atoms with Crippen LogP contribution >= 0.6 is 0 Å². The first-order valence-corrected chi connectivity index (χ1v) is 18.3. The van der Waals surface area contributed by atoms with E-state index in [2.05, 4.69) is 165 Å². The van der Waals surface area contributed by atoms with Gasteiger partial charge in [0, 0.05) is 43.6 Å². The molecule has 0 radical (unpaired) electrons. The smallest absolute Gasteiger partial charge is 0.102 e. The Hall–Kier alpha value is -7.86. The minimum absolute atomic E-state index is 0.607.